The molecule has 0 spiro atoms. The van der Waals surface area contributed by atoms with Gasteiger partial charge in [0.2, 0.25) is 5.91 Å². The molecule has 0 saturated heterocycles. The van der Waals surface area contributed by atoms with Crippen LogP contribution in [-0.2, 0) is 17.9 Å². The molecule has 4 nitrogen and oxygen atoms in total. The fourth-order valence-corrected chi connectivity index (χ4v) is 2.92. The number of nitrogens with zero attached hydrogens (tertiary/aromatic N) is 2. The van der Waals surface area contributed by atoms with Gasteiger partial charge in [0.1, 0.15) is 5.82 Å². The first-order valence-electron chi connectivity index (χ1n) is 7.54. The molecule has 0 bridgehead atoms. The number of hydrogen-bond acceptors (Lipinski definition) is 2. The van der Waals surface area contributed by atoms with Crippen molar-refractivity contribution < 1.29 is 9.18 Å². The SMILES string of the molecule is CC1c2cccn2CCN1CC(=O)NCc1ccccc1F. The molecule has 1 aliphatic rings. The standard InChI is InChI=1S/C17H20FN3O/c1-13-16-7-4-8-20(16)9-10-21(13)12-17(22)19-11-14-5-2-3-6-15(14)18/h2-8,13H,9-12H2,1H3,(H,19,22). The van der Waals surface area contributed by atoms with Crippen LogP contribution < -0.4 is 5.32 Å². The molecular formula is C17H20FN3O. The van der Waals surface area contributed by atoms with E-state index in [4.69, 9.17) is 0 Å². The first-order chi connectivity index (χ1) is 10.6. The molecule has 1 atom stereocenters. The van der Waals surface area contributed by atoms with Gasteiger partial charge < -0.3 is 9.88 Å². The van der Waals surface area contributed by atoms with Crippen molar-refractivity contribution in [1.82, 2.24) is 14.8 Å². The summed E-state index contributed by atoms with van der Waals surface area (Å²) in [6, 6.07) is 10.8. The summed E-state index contributed by atoms with van der Waals surface area (Å²) in [4.78, 5) is 14.3. The van der Waals surface area contributed by atoms with E-state index in [2.05, 4.69) is 34.0 Å². The van der Waals surface area contributed by atoms with Crippen molar-refractivity contribution in [3.63, 3.8) is 0 Å². The van der Waals surface area contributed by atoms with Crippen molar-refractivity contribution in [3.05, 3.63) is 59.7 Å². The largest absolute Gasteiger partial charge is 0.351 e. The number of carbonyl (C=O) groups excluding carboxylic acids is 1. The summed E-state index contributed by atoms with van der Waals surface area (Å²) in [5.74, 6) is -0.359. The number of rotatable bonds is 4. The second-order valence-electron chi connectivity index (χ2n) is 5.64. The molecular weight excluding hydrogens is 281 g/mol. The van der Waals surface area contributed by atoms with Gasteiger partial charge in [-0.1, -0.05) is 18.2 Å². The summed E-state index contributed by atoms with van der Waals surface area (Å²) in [6.07, 6.45) is 2.07. The summed E-state index contributed by atoms with van der Waals surface area (Å²) in [5, 5.41) is 2.80. The fraction of sp³-hybridized carbons (Fsp3) is 0.353. The number of amides is 1. The van der Waals surface area contributed by atoms with Gasteiger partial charge in [0.05, 0.1) is 6.54 Å². The minimum absolute atomic E-state index is 0.0740. The number of benzene rings is 1. The molecule has 1 unspecified atom stereocenters. The molecule has 1 N–H and O–H groups in total. The smallest absolute Gasteiger partial charge is 0.234 e. The molecule has 116 valence electrons. The maximum atomic E-state index is 13.5. The van der Waals surface area contributed by atoms with Crippen molar-refractivity contribution in [3.8, 4) is 0 Å². The number of halogens is 1. The Kier molecular flexibility index (Phi) is 4.24. The Morgan fingerprint density at radius 3 is 2.91 bits per heavy atom. The van der Waals surface area contributed by atoms with E-state index >= 15 is 0 Å². The Morgan fingerprint density at radius 1 is 1.27 bits per heavy atom. The highest BCUT2D eigenvalue weighted by Gasteiger charge is 2.24. The summed E-state index contributed by atoms with van der Waals surface area (Å²) in [6.45, 7) is 4.41. The number of carbonyl (C=O) groups is 1. The molecule has 1 aliphatic heterocycles. The zero-order valence-electron chi connectivity index (χ0n) is 12.6. The number of aromatic nitrogens is 1. The van der Waals surface area contributed by atoms with Crippen molar-refractivity contribution in [1.29, 1.82) is 0 Å². The highest BCUT2D eigenvalue weighted by Crippen LogP contribution is 2.24. The average molecular weight is 301 g/mol. The van der Waals surface area contributed by atoms with Crippen LogP contribution in [0.2, 0.25) is 0 Å². The van der Waals surface area contributed by atoms with Crippen molar-refractivity contribution in [2.24, 2.45) is 0 Å². The van der Waals surface area contributed by atoms with Crippen LogP contribution in [0, 0.1) is 5.82 Å². The van der Waals surface area contributed by atoms with Gasteiger partial charge in [0.25, 0.3) is 0 Å². The highest BCUT2D eigenvalue weighted by molar-refractivity contribution is 5.78. The predicted molar refractivity (Wildman–Crippen MR) is 82.7 cm³/mol. The van der Waals surface area contributed by atoms with Gasteiger partial charge in [-0.2, -0.15) is 0 Å². The van der Waals surface area contributed by atoms with Crippen LogP contribution in [0.5, 0.6) is 0 Å². The summed E-state index contributed by atoms with van der Waals surface area (Å²) < 4.78 is 15.7. The Labute approximate surface area is 129 Å². The molecule has 0 saturated carbocycles. The minimum Gasteiger partial charge on any atom is -0.351 e. The van der Waals surface area contributed by atoms with E-state index in [-0.39, 0.29) is 24.3 Å². The van der Waals surface area contributed by atoms with E-state index in [1.807, 2.05) is 6.07 Å². The Bertz CT molecular complexity index is 667. The van der Waals surface area contributed by atoms with Gasteiger partial charge >= 0.3 is 0 Å². The van der Waals surface area contributed by atoms with Gasteiger partial charge in [0, 0.05) is 43.1 Å². The molecule has 0 fully saturated rings. The first-order valence-corrected chi connectivity index (χ1v) is 7.54. The molecule has 2 heterocycles. The number of fused-ring (bicyclic) bond motifs is 1. The highest BCUT2D eigenvalue weighted by atomic mass is 19.1. The quantitative estimate of drug-likeness (QED) is 0.941. The minimum atomic E-state index is -0.285. The lowest BCUT2D eigenvalue weighted by Gasteiger charge is -2.34. The monoisotopic (exact) mass is 301 g/mol. The van der Waals surface area contributed by atoms with Crippen LogP contribution in [0.4, 0.5) is 4.39 Å². The van der Waals surface area contributed by atoms with E-state index in [0.717, 1.165) is 13.1 Å². The van der Waals surface area contributed by atoms with E-state index < -0.39 is 0 Å². The molecule has 22 heavy (non-hydrogen) atoms. The first kappa shape index (κ1) is 14.8. The van der Waals surface area contributed by atoms with Crippen LogP contribution in [0.1, 0.15) is 24.2 Å². The molecule has 3 rings (SSSR count). The zero-order chi connectivity index (χ0) is 15.5. The topological polar surface area (TPSA) is 37.3 Å². The van der Waals surface area contributed by atoms with E-state index in [1.54, 1.807) is 18.2 Å². The molecule has 5 heteroatoms. The van der Waals surface area contributed by atoms with Crippen LogP contribution in [0.3, 0.4) is 0 Å². The summed E-state index contributed by atoms with van der Waals surface area (Å²) in [7, 11) is 0. The van der Waals surface area contributed by atoms with Crippen LogP contribution in [0.15, 0.2) is 42.6 Å². The third kappa shape index (κ3) is 3.04. The zero-order valence-corrected chi connectivity index (χ0v) is 12.6. The third-order valence-electron chi connectivity index (χ3n) is 4.25. The maximum absolute atomic E-state index is 13.5. The Hall–Kier alpha value is -2.14. The second kappa shape index (κ2) is 6.32. The van der Waals surface area contributed by atoms with Crippen molar-refractivity contribution >= 4 is 5.91 Å². The second-order valence-corrected chi connectivity index (χ2v) is 5.64. The maximum Gasteiger partial charge on any atom is 0.234 e. The fourth-order valence-electron chi connectivity index (χ4n) is 2.92. The lowest BCUT2D eigenvalue weighted by molar-refractivity contribution is -0.123. The van der Waals surface area contributed by atoms with E-state index in [1.165, 1.54) is 11.8 Å². The van der Waals surface area contributed by atoms with Gasteiger partial charge in [-0.05, 0) is 25.1 Å². The molecule has 0 radical (unpaired) electrons. The Balaban J connectivity index is 1.55. The lowest BCUT2D eigenvalue weighted by Crippen LogP contribution is -2.43. The summed E-state index contributed by atoms with van der Waals surface area (Å²) in [5.41, 5.74) is 1.74. The van der Waals surface area contributed by atoms with Crippen molar-refractivity contribution in [2.75, 3.05) is 13.1 Å². The average Bonchev–Trinajstić information content (AvgIpc) is 2.99. The molecule has 1 amide bonds. The number of hydrogen-bond donors (Lipinski definition) is 1. The molecule has 2 aromatic rings. The van der Waals surface area contributed by atoms with Crippen LogP contribution in [-0.4, -0.2) is 28.5 Å². The lowest BCUT2D eigenvalue weighted by atomic mass is 10.1. The van der Waals surface area contributed by atoms with Crippen LogP contribution in [0.25, 0.3) is 0 Å². The molecule has 1 aromatic carbocycles. The third-order valence-corrected chi connectivity index (χ3v) is 4.25. The van der Waals surface area contributed by atoms with Gasteiger partial charge in [0.15, 0.2) is 0 Å². The van der Waals surface area contributed by atoms with Crippen molar-refractivity contribution in [2.45, 2.75) is 26.1 Å². The summed E-state index contributed by atoms with van der Waals surface area (Å²) >= 11 is 0. The van der Waals surface area contributed by atoms with E-state index in [0.29, 0.717) is 12.1 Å². The normalized spacial score (nSPS) is 18.0. The number of nitrogens with one attached hydrogen (secondary N) is 1. The van der Waals surface area contributed by atoms with Crippen LogP contribution >= 0.6 is 0 Å². The Morgan fingerprint density at radius 2 is 2.09 bits per heavy atom. The van der Waals surface area contributed by atoms with E-state index in [9.17, 15) is 9.18 Å². The van der Waals surface area contributed by atoms with Gasteiger partial charge in [-0.3, -0.25) is 9.69 Å². The molecule has 0 aliphatic carbocycles. The van der Waals surface area contributed by atoms with Gasteiger partial charge in [-0.25, -0.2) is 4.39 Å². The molecule has 1 aromatic heterocycles. The van der Waals surface area contributed by atoms with Gasteiger partial charge in [-0.15, -0.1) is 0 Å². The predicted octanol–water partition coefficient (Wildman–Crippen LogP) is 2.32.